The highest BCUT2D eigenvalue weighted by molar-refractivity contribution is 7.99. The van der Waals surface area contributed by atoms with Crippen LogP contribution in [0.3, 0.4) is 0 Å². The largest absolute Gasteiger partial charge is 0.388 e. The van der Waals surface area contributed by atoms with Gasteiger partial charge in [-0.25, -0.2) is 9.97 Å². The summed E-state index contributed by atoms with van der Waals surface area (Å²) in [7, 11) is 1.88. The average molecular weight is 538 g/mol. The quantitative estimate of drug-likeness (QED) is 0.246. The minimum atomic E-state index is 0.598. The Balaban J connectivity index is 1.38. The Morgan fingerprint density at radius 1 is 1.16 bits per heavy atom. The van der Waals surface area contributed by atoms with Crippen molar-refractivity contribution in [1.82, 2.24) is 15.3 Å². The second kappa shape index (κ2) is 13.1. The van der Waals surface area contributed by atoms with Gasteiger partial charge in [0.1, 0.15) is 10.8 Å². The highest BCUT2D eigenvalue weighted by Gasteiger charge is 2.37. The molecule has 0 amide bonds. The summed E-state index contributed by atoms with van der Waals surface area (Å²) >= 11 is 8.39. The molecule has 1 aliphatic heterocycles. The monoisotopic (exact) mass is 537 g/mol. The van der Waals surface area contributed by atoms with E-state index in [0.717, 1.165) is 52.2 Å². The number of nitrogens with one attached hydrogen (secondary N) is 2. The maximum Gasteiger partial charge on any atom is 0.147 e. The van der Waals surface area contributed by atoms with Gasteiger partial charge in [-0.1, -0.05) is 42.8 Å². The Kier molecular flexibility index (Phi) is 9.63. The maximum atomic E-state index is 6.88. The van der Waals surface area contributed by atoms with E-state index in [0.29, 0.717) is 17.0 Å². The minimum absolute atomic E-state index is 0.598. The standard InChI is InChI=1S/C28H36ClN7S/c1-21(33-14-6-13-32-16-15-30-2)26-22(31-3)7-8-23(27(26)29)37-25-20-34-24(19-35-25)36-17-11-28(12-18-36)9-4-5-10-28/h7-8,13,15-16,19-20,31,33H,1-2,4-6,9-12,14,17-18H2,3H3/b16-15-,32-13-. The smallest absolute Gasteiger partial charge is 0.147 e. The van der Waals surface area contributed by atoms with Crippen LogP contribution in [-0.4, -0.2) is 49.6 Å². The van der Waals surface area contributed by atoms with Crippen molar-refractivity contribution in [2.24, 2.45) is 15.4 Å². The van der Waals surface area contributed by atoms with Gasteiger partial charge in [0, 0.05) is 67.1 Å². The van der Waals surface area contributed by atoms with Crippen LogP contribution in [0.2, 0.25) is 5.02 Å². The Morgan fingerprint density at radius 3 is 2.62 bits per heavy atom. The third kappa shape index (κ3) is 6.93. The number of aromatic nitrogens is 2. The summed E-state index contributed by atoms with van der Waals surface area (Å²) in [5.41, 5.74) is 3.10. The molecule has 1 saturated carbocycles. The maximum absolute atomic E-state index is 6.88. The number of halogens is 1. The van der Waals surface area contributed by atoms with Crippen molar-refractivity contribution in [2.75, 3.05) is 36.9 Å². The molecule has 1 aromatic heterocycles. The first-order chi connectivity index (χ1) is 18.0. The van der Waals surface area contributed by atoms with Crippen LogP contribution in [0.5, 0.6) is 0 Å². The van der Waals surface area contributed by atoms with Crippen LogP contribution in [-0.2, 0) is 0 Å². The summed E-state index contributed by atoms with van der Waals surface area (Å²) in [6, 6.07) is 4.02. The zero-order valence-electron chi connectivity index (χ0n) is 21.5. The first-order valence-corrected chi connectivity index (χ1v) is 14.1. The average Bonchev–Trinajstić information content (AvgIpc) is 3.37. The van der Waals surface area contributed by atoms with Gasteiger partial charge < -0.3 is 15.5 Å². The van der Waals surface area contributed by atoms with E-state index in [-0.39, 0.29) is 0 Å². The van der Waals surface area contributed by atoms with Crippen molar-refractivity contribution in [2.45, 2.75) is 54.9 Å². The molecule has 2 aromatic rings. The van der Waals surface area contributed by atoms with Gasteiger partial charge in [0.25, 0.3) is 0 Å². The summed E-state index contributed by atoms with van der Waals surface area (Å²) in [5.74, 6) is 0.965. The first-order valence-electron chi connectivity index (χ1n) is 12.9. The number of rotatable bonds is 11. The van der Waals surface area contributed by atoms with Crippen LogP contribution >= 0.6 is 23.4 Å². The topological polar surface area (TPSA) is 77.8 Å². The molecule has 9 heteroatoms. The third-order valence-corrected chi connectivity index (χ3v) is 8.78. The second-order valence-electron chi connectivity index (χ2n) is 9.57. The van der Waals surface area contributed by atoms with E-state index in [9.17, 15) is 0 Å². The molecule has 1 saturated heterocycles. The lowest BCUT2D eigenvalue weighted by molar-refractivity contribution is 0.226. The number of benzene rings is 1. The Morgan fingerprint density at radius 2 is 1.95 bits per heavy atom. The molecule has 0 bridgehead atoms. The van der Waals surface area contributed by atoms with Gasteiger partial charge in [0.15, 0.2) is 0 Å². The van der Waals surface area contributed by atoms with Gasteiger partial charge in [0.05, 0.1) is 17.4 Å². The highest BCUT2D eigenvalue weighted by atomic mass is 35.5. The molecule has 2 fully saturated rings. The summed E-state index contributed by atoms with van der Waals surface area (Å²) in [4.78, 5) is 20.5. The fourth-order valence-corrected chi connectivity index (χ4v) is 6.37. The van der Waals surface area contributed by atoms with Crippen LogP contribution < -0.4 is 15.5 Å². The van der Waals surface area contributed by atoms with Crippen LogP contribution in [0, 0.1) is 5.41 Å². The SMILES string of the molecule is C=N/C=C\N=C/CCNC(=C)c1c(NC)ccc(Sc2cnc(N3CCC4(CCCC4)CC3)cn2)c1Cl. The Hall–Kier alpha value is -2.84. The van der Waals surface area contributed by atoms with Crippen molar-refractivity contribution >= 4 is 53.5 Å². The van der Waals surface area contributed by atoms with E-state index in [4.69, 9.17) is 21.6 Å². The molecule has 1 aliphatic carbocycles. The molecule has 2 N–H and O–H groups in total. The van der Waals surface area contributed by atoms with E-state index in [1.165, 1.54) is 50.3 Å². The van der Waals surface area contributed by atoms with E-state index >= 15 is 0 Å². The minimum Gasteiger partial charge on any atom is -0.388 e. The molecule has 4 rings (SSSR count). The molecule has 37 heavy (non-hydrogen) atoms. The number of hydrogen-bond donors (Lipinski definition) is 2. The predicted molar refractivity (Wildman–Crippen MR) is 158 cm³/mol. The van der Waals surface area contributed by atoms with Gasteiger partial charge in [0.2, 0.25) is 0 Å². The van der Waals surface area contributed by atoms with Gasteiger partial charge >= 0.3 is 0 Å². The molecular formula is C28H36ClN7S. The summed E-state index contributed by atoms with van der Waals surface area (Å²) < 4.78 is 0. The number of anilines is 2. The molecule has 1 aromatic carbocycles. The molecule has 0 unspecified atom stereocenters. The molecule has 2 aliphatic rings. The summed E-state index contributed by atoms with van der Waals surface area (Å²) in [6.07, 6.45) is 17.6. The normalized spacial score (nSPS) is 17.1. The van der Waals surface area contributed by atoms with Gasteiger partial charge in [-0.15, -0.1) is 0 Å². The van der Waals surface area contributed by atoms with Crippen LogP contribution in [0.15, 0.2) is 63.4 Å². The van der Waals surface area contributed by atoms with Crippen molar-refractivity contribution in [3.63, 3.8) is 0 Å². The molecule has 196 valence electrons. The van der Waals surface area contributed by atoms with Gasteiger partial charge in [-0.2, -0.15) is 0 Å². The van der Waals surface area contributed by atoms with Crippen LogP contribution in [0.1, 0.15) is 50.5 Å². The lowest BCUT2D eigenvalue weighted by Gasteiger charge is -2.39. The Labute approximate surface area is 229 Å². The summed E-state index contributed by atoms with van der Waals surface area (Å²) in [5, 5.41) is 8.01. The van der Waals surface area contributed by atoms with E-state index < -0.39 is 0 Å². The second-order valence-corrected chi connectivity index (χ2v) is 11.0. The van der Waals surface area contributed by atoms with Crippen molar-refractivity contribution in [3.8, 4) is 0 Å². The van der Waals surface area contributed by atoms with Gasteiger partial charge in [-0.3, -0.25) is 9.98 Å². The molecule has 7 nitrogen and oxygen atoms in total. The van der Waals surface area contributed by atoms with Gasteiger partial charge in [-0.05, 0) is 56.4 Å². The first kappa shape index (κ1) is 27.2. The fourth-order valence-electron chi connectivity index (χ4n) is 5.21. The highest BCUT2D eigenvalue weighted by Crippen LogP contribution is 2.46. The zero-order chi connectivity index (χ0) is 26.1. The lowest BCUT2D eigenvalue weighted by Crippen LogP contribution is -2.39. The molecular weight excluding hydrogens is 502 g/mol. The molecule has 1 spiro atoms. The molecule has 2 heterocycles. The third-order valence-electron chi connectivity index (χ3n) is 7.29. The van der Waals surface area contributed by atoms with E-state index in [1.807, 2.05) is 37.8 Å². The van der Waals surface area contributed by atoms with Crippen molar-refractivity contribution in [3.05, 3.63) is 54.1 Å². The van der Waals surface area contributed by atoms with E-state index in [2.05, 4.69) is 38.8 Å². The Bertz CT molecular complexity index is 1130. The number of hydrogen-bond acceptors (Lipinski definition) is 8. The van der Waals surface area contributed by atoms with Crippen molar-refractivity contribution < 1.29 is 0 Å². The van der Waals surface area contributed by atoms with E-state index in [1.54, 1.807) is 12.4 Å². The molecule has 0 atom stereocenters. The summed E-state index contributed by atoms with van der Waals surface area (Å²) in [6.45, 7) is 10.4. The predicted octanol–water partition coefficient (Wildman–Crippen LogP) is 6.68. The number of nitrogens with zero attached hydrogens (tertiary/aromatic N) is 5. The zero-order valence-corrected chi connectivity index (χ0v) is 23.1. The van der Waals surface area contributed by atoms with Crippen molar-refractivity contribution in [1.29, 1.82) is 0 Å². The van der Waals surface area contributed by atoms with Crippen LogP contribution in [0.25, 0.3) is 5.70 Å². The lowest BCUT2D eigenvalue weighted by atomic mass is 9.77. The van der Waals surface area contributed by atoms with Crippen LogP contribution in [0.4, 0.5) is 11.5 Å². The number of aliphatic imine (C=N–C) groups is 2. The number of piperidine rings is 1. The molecule has 0 radical (unpaired) electrons. The fraction of sp³-hybridized carbons (Fsp3) is 0.429.